The zero-order valence-corrected chi connectivity index (χ0v) is 22.4. The molecule has 0 amide bonds. The number of hydrogen-bond donors (Lipinski definition) is 5. The van der Waals surface area contributed by atoms with E-state index >= 15 is 0 Å². The van der Waals surface area contributed by atoms with Crippen molar-refractivity contribution in [1.29, 1.82) is 0 Å². The first-order valence-corrected chi connectivity index (χ1v) is 13.5. The molecular formula is C26H36N6O3S. The van der Waals surface area contributed by atoms with Gasteiger partial charge in [0.2, 0.25) is 5.95 Å². The number of aryl methyl sites for hydroxylation is 2. The second-order valence-electron chi connectivity index (χ2n) is 11.2. The standard InChI is InChI=1S/C26H36N6O3S/c1-6-15-19-17(7-10-27-15)36-23(31-19)18-13(2)29-24(28-12-26(5)8-9-26)32-22(18)30-16-11-14(25(3,4)35)20(33)21(16)34/h7,10,14,16,20-21,33-35H,6,8-9,11-12H2,1-5H3,(H2,28,29,30,32)/t14-,16+,20+,21-/m0/s1. The monoisotopic (exact) mass is 512 g/mol. The number of nitrogens with zero attached hydrogens (tertiary/aromatic N) is 4. The predicted octanol–water partition coefficient (Wildman–Crippen LogP) is 3.52. The van der Waals surface area contributed by atoms with Gasteiger partial charge in [-0.15, -0.1) is 11.3 Å². The molecule has 9 nitrogen and oxygen atoms in total. The third kappa shape index (κ3) is 4.79. The fourth-order valence-electron chi connectivity index (χ4n) is 5.02. The largest absolute Gasteiger partial charge is 0.390 e. The SMILES string of the molecule is CCc1nccc2sc(-c3c(C)nc(NCC4(C)CC4)nc3N[C@@H]3C[C@H](C(C)(C)O)[C@@H](O)[C@H]3O)nc12. The third-order valence-corrected chi connectivity index (χ3v) is 8.75. The number of nitrogens with one attached hydrogen (secondary N) is 2. The Morgan fingerprint density at radius 2 is 1.92 bits per heavy atom. The molecule has 5 N–H and O–H groups in total. The van der Waals surface area contributed by atoms with Crippen LogP contribution in [0.15, 0.2) is 12.3 Å². The maximum Gasteiger partial charge on any atom is 0.224 e. The maximum atomic E-state index is 10.8. The van der Waals surface area contributed by atoms with E-state index in [1.165, 1.54) is 12.8 Å². The number of rotatable bonds is 8. The molecule has 0 radical (unpaired) electrons. The van der Waals surface area contributed by atoms with Crippen LogP contribution in [0.4, 0.5) is 11.8 Å². The minimum atomic E-state index is -1.12. The van der Waals surface area contributed by atoms with Crippen molar-refractivity contribution in [3.05, 3.63) is 23.7 Å². The van der Waals surface area contributed by atoms with Gasteiger partial charge in [0.15, 0.2) is 0 Å². The number of aliphatic hydroxyl groups excluding tert-OH is 2. The van der Waals surface area contributed by atoms with Crippen LogP contribution in [-0.4, -0.2) is 65.7 Å². The summed E-state index contributed by atoms with van der Waals surface area (Å²) in [5, 5.41) is 39.6. The summed E-state index contributed by atoms with van der Waals surface area (Å²) in [6.07, 6.45) is 3.29. The van der Waals surface area contributed by atoms with Gasteiger partial charge in [-0.25, -0.2) is 9.97 Å². The molecule has 3 heterocycles. The number of thiazole rings is 1. The molecule has 5 rings (SSSR count). The Bertz CT molecular complexity index is 1270. The highest BCUT2D eigenvalue weighted by Gasteiger charge is 2.48. The van der Waals surface area contributed by atoms with E-state index in [1.807, 2.05) is 19.2 Å². The minimum absolute atomic E-state index is 0.284. The molecule has 4 atom stereocenters. The van der Waals surface area contributed by atoms with Gasteiger partial charge in [-0.1, -0.05) is 13.8 Å². The van der Waals surface area contributed by atoms with E-state index in [4.69, 9.17) is 15.0 Å². The zero-order chi connectivity index (χ0) is 25.8. The van der Waals surface area contributed by atoms with Gasteiger partial charge in [-0.05, 0) is 57.9 Å². The summed E-state index contributed by atoms with van der Waals surface area (Å²) >= 11 is 1.56. The van der Waals surface area contributed by atoms with E-state index in [-0.39, 0.29) is 5.41 Å². The van der Waals surface area contributed by atoms with Gasteiger partial charge in [-0.3, -0.25) is 4.98 Å². The summed E-state index contributed by atoms with van der Waals surface area (Å²) in [6, 6.07) is 1.48. The summed E-state index contributed by atoms with van der Waals surface area (Å²) in [5.74, 6) is 0.615. The van der Waals surface area contributed by atoms with Crippen LogP contribution < -0.4 is 10.6 Å². The Morgan fingerprint density at radius 1 is 1.17 bits per heavy atom. The van der Waals surface area contributed by atoms with E-state index in [0.29, 0.717) is 18.2 Å². The maximum absolute atomic E-state index is 10.8. The quantitative estimate of drug-likeness (QED) is 0.307. The molecule has 2 fully saturated rings. The van der Waals surface area contributed by atoms with Crippen molar-refractivity contribution in [3.63, 3.8) is 0 Å². The fourth-order valence-corrected chi connectivity index (χ4v) is 6.10. The molecule has 0 saturated heterocycles. The van der Waals surface area contributed by atoms with Gasteiger partial charge >= 0.3 is 0 Å². The Balaban J connectivity index is 1.54. The van der Waals surface area contributed by atoms with Gasteiger partial charge in [0.1, 0.15) is 22.4 Å². The van der Waals surface area contributed by atoms with Crippen molar-refractivity contribution in [3.8, 4) is 10.6 Å². The molecule has 0 unspecified atom stereocenters. The average molecular weight is 513 g/mol. The molecule has 10 heteroatoms. The van der Waals surface area contributed by atoms with E-state index < -0.39 is 29.8 Å². The van der Waals surface area contributed by atoms with Crippen molar-refractivity contribution in [2.75, 3.05) is 17.2 Å². The Kier molecular flexibility index (Phi) is 6.43. The summed E-state index contributed by atoms with van der Waals surface area (Å²) in [5.41, 5.74) is 2.53. The van der Waals surface area contributed by atoms with Crippen LogP contribution in [0.5, 0.6) is 0 Å². The van der Waals surface area contributed by atoms with Crippen molar-refractivity contribution >= 4 is 33.3 Å². The lowest BCUT2D eigenvalue weighted by atomic mass is 9.88. The molecular weight excluding hydrogens is 476 g/mol. The molecule has 0 aromatic carbocycles. The summed E-state index contributed by atoms with van der Waals surface area (Å²) < 4.78 is 1.05. The summed E-state index contributed by atoms with van der Waals surface area (Å²) in [7, 11) is 0. The first kappa shape index (κ1) is 25.3. The second-order valence-corrected chi connectivity index (χ2v) is 12.3. The van der Waals surface area contributed by atoms with E-state index in [9.17, 15) is 15.3 Å². The molecule has 0 bridgehead atoms. The van der Waals surface area contributed by atoms with Crippen molar-refractivity contribution in [2.24, 2.45) is 11.3 Å². The highest BCUT2D eigenvalue weighted by Crippen LogP contribution is 2.45. The van der Waals surface area contributed by atoms with E-state index in [2.05, 4.69) is 29.5 Å². The van der Waals surface area contributed by atoms with Crippen molar-refractivity contribution < 1.29 is 15.3 Å². The Hall–Kier alpha value is -2.40. The molecule has 2 aliphatic rings. The number of anilines is 2. The van der Waals surface area contributed by atoms with Gasteiger partial charge in [0.25, 0.3) is 0 Å². The predicted molar refractivity (Wildman–Crippen MR) is 142 cm³/mol. The smallest absolute Gasteiger partial charge is 0.224 e. The van der Waals surface area contributed by atoms with Crippen LogP contribution in [0.2, 0.25) is 0 Å². The highest BCUT2D eigenvalue weighted by molar-refractivity contribution is 7.21. The number of pyridine rings is 1. The molecule has 2 saturated carbocycles. The first-order valence-electron chi connectivity index (χ1n) is 12.7. The first-order chi connectivity index (χ1) is 17.0. The fraction of sp³-hybridized carbons (Fsp3) is 0.615. The van der Waals surface area contributed by atoms with Crippen molar-refractivity contribution in [1.82, 2.24) is 19.9 Å². The molecule has 2 aliphatic carbocycles. The van der Waals surface area contributed by atoms with Crippen molar-refractivity contribution in [2.45, 2.75) is 84.2 Å². The van der Waals surface area contributed by atoms with E-state index in [1.54, 1.807) is 25.2 Å². The molecule has 3 aromatic rings. The summed E-state index contributed by atoms with van der Waals surface area (Å²) in [6.45, 7) is 10.4. The third-order valence-electron chi connectivity index (χ3n) is 7.71. The molecule has 194 valence electrons. The normalized spacial score (nSPS) is 25.3. The number of fused-ring (bicyclic) bond motifs is 1. The second kappa shape index (κ2) is 9.16. The molecule has 3 aromatic heterocycles. The molecule has 36 heavy (non-hydrogen) atoms. The van der Waals surface area contributed by atoms with Crippen LogP contribution in [0.3, 0.4) is 0 Å². The van der Waals surface area contributed by atoms with Gasteiger partial charge in [-0.2, -0.15) is 4.98 Å². The number of aromatic nitrogens is 4. The number of aliphatic hydroxyl groups is 3. The lowest BCUT2D eigenvalue weighted by Crippen LogP contribution is -2.40. The lowest BCUT2D eigenvalue weighted by molar-refractivity contribution is -0.0601. The van der Waals surface area contributed by atoms with Crippen LogP contribution in [0, 0.1) is 18.3 Å². The summed E-state index contributed by atoms with van der Waals surface area (Å²) in [4.78, 5) is 19.0. The van der Waals surface area contributed by atoms with Gasteiger partial charge in [0, 0.05) is 18.7 Å². The minimum Gasteiger partial charge on any atom is -0.390 e. The van der Waals surface area contributed by atoms with Gasteiger partial charge < -0.3 is 26.0 Å². The Morgan fingerprint density at radius 3 is 2.56 bits per heavy atom. The topological polar surface area (TPSA) is 136 Å². The van der Waals surface area contributed by atoms with Crippen LogP contribution in [0.25, 0.3) is 20.8 Å². The number of hydrogen-bond acceptors (Lipinski definition) is 10. The van der Waals surface area contributed by atoms with Crippen LogP contribution in [-0.2, 0) is 6.42 Å². The van der Waals surface area contributed by atoms with Crippen LogP contribution >= 0.6 is 11.3 Å². The zero-order valence-electron chi connectivity index (χ0n) is 21.5. The molecule has 0 spiro atoms. The average Bonchev–Trinajstić information content (AvgIpc) is 3.28. The van der Waals surface area contributed by atoms with Crippen LogP contribution in [0.1, 0.15) is 58.3 Å². The van der Waals surface area contributed by atoms with E-state index in [0.717, 1.165) is 45.1 Å². The lowest BCUT2D eigenvalue weighted by Gasteiger charge is -2.28. The van der Waals surface area contributed by atoms with Gasteiger partial charge in [0.05, 0.1) is 39.4 Å². The highest BCUT2D eigenvalue weighted by atomic mass is 32.1. The molecule has 0 aliphatic heterocycles. The Labute approximate surface area is 215 Å².